The molecule has 0 unspecified atom stereocenters. The molecule has 0 amide bonds. The fourth-order valence-corrected chi connectivity index (χ4v) is 2.63. The standard InChI is InChI=1S/C16H10O6/c1-22-16-9(6-17)11(19)5-8-13(16)14(20)7-3-2-4-10(18)12(7)15(8)21/h2-6,18-19H,1H3. The maximum Gasteiger partial charge on any atom is 0.198 e. The number of carbonyl (C=O) groups is 3. The summed E-state index contributed by atoms with van der Waals surface area (Å²) in [7, 11) is 1.23. The van der Waals surface area contributed by atoms with E-state index in [1.165, 1.54) is 25.3 Å². The molecule has 0 spiro atoms. The predicted molar refractivity (Wildman–Crippen MR) is 75.0 cm³/mol. The van der Waals surface area contributed by atoms with Gasteiger partial charge in [0.1, 0.15) is 17.2 Å². The molecule has 22 heavy (non-hydrogen) atoms. The molecule has 0 bridgehead atoms. The van der Waals surface area contributed by atoms with Gasteiger partial charge in [0.05, 0.1) is 23.8 Å². The number of methoxy groups -OCH3 is 1. The monoisotopic (exact) mass is 298 g/mol. The van der Waals surface area contributed by atoms with Gasteiger partial charge in [0.15, 0.2) is 17.9 Å². The van der Waals surface area contributed by atoms with E-state index in [9.17, 15) is 24.6 Å². The van der Waals surface area contributed by atoms with Crippen LogP contribution in [0.25, 0.3) is 0 Å². The Morgan fingerprint density at radius 3 is 2.32 bits per heavy atom. The normalized spacial score (nSPS) is 12.6. The highest BCUT2D eigenvalue weighted by Gasteiger charge is 2.36. The molecule has 0 radical (unpaired) electrons. The van der Waals surface area contributed by atoms with Gasteiger partial charge < -0.3 is 14.9 Å². The van der Waals surface area contributed by atoms with Crippen molar-refractivity contribution in [3.8, 4) is 17.2 Å². The second kappa shape index (κ2) is 4.70. The predicted octanol–water partition coefficient (Wildman–Crippen LogP) is 1.69. The van der Waals surface area contributed by atoms with Crippen LogP contribution in [0.15, 0.2) is 24.3 Å². The molecule has 0 aromatic heterocycles. The van der Waals surface area contributed by atoms with Gasteiger partial charge in [-0.1, -0.05) is 12.1 Å². The summed E-state index contributed by atoms with van der Waals surface area (Å²) >= 11 is 0. The van der Waals surface area contributed by atoms with Crippen molar-refractivity contribution in [3.63, 3.8) is 0 Å². The Labute approximate surface area is 124 Å². The van der Waals surface area contributed by atoms with E-state index in [0.717, 1.165) is 6.07 Å². The quantitative estimate of drug-likeness (QED) is 0.698. The number of rotatable bonds is 2. The number of hydrogen-bond donors (Lipinski definition) is 2. The highest BCUT2D eigenvalue weighted by molar-refractivity contribution is 6.30. The largest absolute Gasteiger partial charge is 0.507 e. The van der Waals surface area contributed by atoms with Crippen LogP contribution in [-0.2, 0) is 0 Å². The highest BCUT2D eigenvalue weighted by atomic mass is 16.5. The molecule has 0 saturated carbocycles. The zero-order valence-corrected chi connectivity index (χ0v) is 11.4. The summed E-state index contributed by atoms with van der Waals surface area (Å²) in [6.45, 7) is 0. The van der Waals surface area contributed by atoms with E-state index < -0.39 is 17.3 Å². The van der Waals surface area contributed by atoms with E-state index in [4.69, 9.17) is 4.74 Å². The molecule has 3 rings (SSSR count). The van der Waals surface area contributed by atoms with Crippen molar-refractivity contribution in [3.05, 3.63) is 52.1 Å². The van der Waals surface area contributed by atoms with Crippen LogP contribution in [0.2, 0.25) is 0 Å². The number of aromatic hydroxyl groups is 2. The fourth-order valence-electron chi connectivity index (χ4n) is 2.63. The van der Waals surface area contributed by atoms with Crippen LogP contribution < -0.4 is 4.74 Å². The summed E-state index contributed by atoms with van der Waals surface area (Å²) < 4.78 is 5.05. The molecular formula is C16H10O6. The average Bonchev–Trinajstić information content (AvgIpc) is 2.51. The molecular weight excluding hydrogens is 288 g/mol. The van der Waals surface area contributed by atoms with Gasteiger partial charge in [0.25, 0.3) is 0 Å². The molecule has 2 aromatic rings. The molecule has 6 nitrogen and oxygen atoms in total. The van der Waals surface area contributed by atoms with Crippen LogP contribution in [0.3, 0.4) is 0 Å². The Morgan fingerprint density at radius 2 is 1.68 bits per heavy atom. The lowest BCUT2D eigenvalue weighted by atomic mass is 9.82. The summed E-state index contributed by atoms with van der Waals surface area (Å²) in [5.41, 5.74) is -0.505. The van der Waals surface area contributed by atoms with Gasteiger partial charge in [0.2, 0.25) is 0 Å². The van der Waals surface area contributed by atoms with E-state index in [1.54, 1.807) is 0 Å². The lowest BCUT2D eigenvalue weighted by Gasteiger charge is -2.21. The Hall–Kier alpha value is -3.15. The minimum absolute atomic E-state index is 0.0262. The molecule has 0 heterocycles. The first-order chi connectivity index (χ1) is 10.5. The summed E-state index contributed by atoms with van der Waals surface area (Å²) in [4.78, 5) is 36.3. The number of ether oxygens (including phenoxy) is 1. The molecule has 0 aliphatic heterocycles. The van der Waals surface area contributed by atoms with E-state index in [1.807, 2.05) is 0 Å². The van der Waals surface area contributed by atoms with E-state index >= 15 is 0 Å². The number of fused-ring (bicyclic) bond motifs is 2. The van der Waals surface area contributed by atoms with Crippen LogP contribution >= 0.6 is 0 Å². The number of phenols is 2. The Balaban J connectivity index is 2.42. The zero-order chi connectivity index (χ0) is 16.0. The van der Waals surface area contributed by atoms with Crippen molar-refractivity contribution in [2.24, 2.45) is 0 Å². The van der Waals surface area contributed by atoms with Crippen molar-refractivity contribution in [1.29, 1.82) is 0 Å². The number of aldehydes is 1. The lowest BCUT2D eigenvalue weighted by Crippen LogP contribution is -2.22. The highest BCUT2D eigenvalue weighted by Crippen LogP contribution is 2.40. The van der Waals surface area contributed by atoms with Gasteiger partial charge in [0, 0.05) is 11.1 Å². The lowest BCUT2D eigenvalue weighted by molar-refractivity contribution is 0.0973. The molecule has 2 aromatic carbocycles. The summed E-state index contributed by atoms with van der Waals surface area (Å²) in [5.74, 6) is -2.11. The Morgan fingerprint density at radius 1 is 1.00 bits per heavy atom. The number of benzene rings is 2. The van der Waals surface area contributed by atoms with Gasteiger partial charge in [-0.05, 0) is 12.1 Å². The molecule has 110 valence electrons. The third-order valence-corrected chi connectivity index (χ3v) is 3.61. The Bertz CT molecular complexity index is 850. The maximum atomic E-state index is 12.6. The number of carbonyl (C=O) groups excluding carboxylic acids is 3. The molecule has 1 aliphatic carbocycles. The van der Waals surface area contributed by atoms with Crippen molar-refractivity contribution in [1.82, 2.24) is 0 Å². The van der Waals surface area contributed by atoms with Crippen molar-refractivity contribution >= 4 is 17.9 Å². The van der Waals surface area contributed by atoms with Crippen molar-refractivity contribution in [2.45, 2.75) is 0 Å². The third kappa shape index (κ3) is 1.64. The first-order valence-electron chi connectivity index (χ1n) is 6.31. The first-order valence-corrected chi connectivity index (χ1v) is 6.31. The third-order valence-electron chi connectivity index (χ3n) is 3.61. The van der Waals surface area contributed by atoms with Crippen LogP contribution in [0.5, 0.6) is 17.2 Å². The van der Waals surface area contributed by atoms with E-state index in [-0.39, 0.29) is 39.3 Å². The van der Waals surface area contributed by atoms with Gasteiger partial charge >= 0.3 is 0 Å². The Kier molecular flexibility index (Phi) is 2.95. The molecule has 0 fully saturated rings. The zero-order valence-electron chi connectivity index (χ0n) is 11.4. The van der Waals surface area contributed by atoms with Gasteiger partial charge in [-0.2, -0.15) is 0 Å². The van der Waals surface area contributed by atoms with Crippen LogP contribution in [0, 0.1) is 0 Å². The van der Waals surface area contributed by atoms with Gasteiger partial charge in [-0.15, -0.1) is 0 Å². The van der Waals surface area contributed by atoms with Gasteiger partial charge in [-0.25, -0.2) is 0 Å². The smallest absolute Gasteiger partial charge is 0.198 e. The summed E-state index contributed by atoms with van der Waals surface area (Å²) in [6.07, 6.45) is 0.351. The SMILES string of the molecule is COc1c(C=O)c(O)cc2c1C(=O)c1cccc(O)c1C2=O. The van der Waals surface area contributed by atoms with Crippen molar-refractivity contribution < 1.29 is 29.3 Å². The number of phenolic OH excluding ortho intramolecular Hbond substituents is 2. The van der Waals surface area contributed by atoms with Crippen LogP contribution in [0.4, 0.5) is 0 Å². The van der Waals surface area contributed by atoms with Crippen LogP contribution in [0.1, 0.15) is 42.2 Å². The molecule has 2 N–H and O–H groups in total. The fraction of sp³-hybridized carbons (Fsp3) is 0.0625. The second-order valence-electron chi connectivity index (χ2n) is 4.74. The summed E-state index contributed by atoms with van der Waals surface area (Å²) in [6, 6.07) is 5.19. The van der Waals surface area contributed by atoms with Gasteiger partial charge in [-0.3, -0.25) is 14.4 Å². The minimum atomic E-state index is -0.617. The van der Waals surface area contributed by atoms with E-state index in [0.29, 0.717) is 6.29 Å². The van der Waals surface area contributed by atoms with Crippen molar-refractivity contribution in [2.75, 3.05) is 7.11 Å². The topological polar surface area (TPSA) is 101 Å². The second-order valence-corrected chi connectivity index (χ2v) is 4.74. The number of ketones is 2. The summed E-state index contributed by atoms with van der Waals surface area (Å²) in [5, 5.41) is 19.7. The molecule has 6 heteroatoms. The minimum Gasteiger partial charge on any atom is -0.507 e. The maximum absolute atomic E-state index is 12.6. The van der Waals surface area contributed by atoms with Crippen LogP contribution in [-0.4, -0.2) is 35.2 Å². The first kappa shape index (κ1) is 13.8. The molecule has 0 saturated heterocycles. The van der Waals surface area contributed by atoms with E-state index in [2.05, 4.69) is 0 Å². The molecule has 0 atom stereocenters. The average molecular weight is 298 g/mol. The molecule has 1 aliphatic rings. The number of hydrogen-bond acceptors (Lipinski definition) is 6.